The lowest BCUT2D eigenvalue weighted by Gasteiger charge is -1.65. The third-order valence-corrected chi connectivity index (χ3v) is 1.46. The van der Waals surface area contributed by atoms with Crippen molar-refractivity contribution in [3.8, 4) is 0 Å². The third-order valence-electron chi connectivity index (χ3n) is 0.663. The second-order valence-electron chi connectivity index (χ2n) is 1.30. The van der Waals surface area contributed by atoms with Crippen LogP contribution in [0.5, 0.6) is 0 Å². The molecule has 0 atom stereocenters. The van der Waals surface area contributed by atoms with E-state index in [1.165, 1.54) is 5.56 Å². The summed E-state index contributed by atoms with van der Waals surface area (Å²) >= 11 is 1.74. The Morgan fingerprint density at radius 3 is 2.43 bits per heavy atom. The molecule has 0 unspecified atom stereocenters. The average molecular weight is 132 g/mol. The van der Waals surface area contributed by atoms with Crippen LogP contribution >= 0.6 is 24.8 Å². The van der Waals surface area contributed by atoms with E-state index in [1.807, 2.05) is 0 Å². The lowest BCUT2D eigenvalue weighted by atomic mass is 10.4. The molecule has 0 spiro atoms. The van der Waals surface area contributed by atoms with Gasteiger partial charge in [-0.15, -0.1) is 0 Å². The van der Waals surface area contributed by atoms with Gasteiger partial charge in [-0.1, -0.05) is 0 Å². The highest BCUT2D eigenvalue weighted by Gasteiger charge is 1.74. The molecule has 0 amide bonds. The molecule has 0 fully saturated rings. The van der Waals surface area contributed by atoms with E-state index < -0.39 is 0 Å². The molecule has 1 rings (SSSR count). The fraction of sp³-hybridized carbons (Fsp3) is 0.200. The first kappa shape index (κ1) is 7.05. The van der Waals surface area contributed by atoms with Gasteiger partial charge >= 0.3 is 0 Å². The van der Waals surface area contributed by atoms with Gasteiger partial charge in [-0.05, 0) is 29.3 Å². The highest BCUT2D eigenvalue weighted by molar-refractivity contribution is 7.59. The van der Waals surface area contributed by atoms with Gasteiger partial charge in [0, 0.05) is 0 Å². The van der Waals surface area contributed by atoms with Gasteiger partial charge in [0.15, 0.2) is 0 Å². The summed E-state index contributed by atoms with van der Waals surface area (Å²) in [5.74, 6) is 0. The Labute approximate surface area is 54.6 Å². The minimum Gasteiger partial charge on any atom is -0.197 e. The molecule has 40 valence electrons. The van der Waals surface area contributed by atoms with Crippen LogP contribution in [0.1, 0.15) is 5.56 Å². The summed E-state index contributed by atoms with van der Waals surface area (Å²) < 4.78 is 0. The predicted molar refractivity (Wildman–Crippen MR) is 39.4 cm³/mol. The molecular weight excluding hydrogens is 124 g/mol. The molecule has 0 aliphatic rings. The van der Waals surface area contributed by atoms with Gasteiger partial charge in [0.05, 0.1) is 0 Å². The van der Waals surface area contributed by atoms with Gasteiger partial charge < -0.3 is 0 Å². The van der Waals surface area contributed by atoms with Crippen molar-refractivity contribution in [2.24, 2.45) is 0 Å². The van der Waals surface area contributed by atoms with E-state index >= 15 is 0 Å². The highest BCUT2D eigenvalue weighted by Crippen LogP contribution is 2.01. The minimum absolute atomic E-state index is 0. The Morgan fingerprint density at radius 2 is 2.29 bits per heavy atom. The monoisotopic (exact) mass is 132 g/mol. The summed E-state index contributed by atoms with van der Waals surface area (Å²) in [6.07, 6.45) is 0. The number of rotatable bonds is 0. The smallest absolute Gasteiger partial charge is 0.00641 e. The average Bonchev–Trinajstić information content (AvgIpc) is 1.86. The van der Waals surface area contributed by atoms with Crippen LogP contribution in [-0.4, -0.2) is 0 Å². The minimum atomic E-state index is 0. The van der Waals surface area contributed by atoms with Crippen LogP contribution in [0.3, 0.4) is 0 Å². The maximum absolute atomic E-state index is 2.12. The molecule has 1 aromatic rings. The van der Waals surface area contributed by atoms with E-state index in [0.717, 1.165) is 0 Å². The quantitative estimate of drug-likeness (QED) is 0.507. The molecule has 0 N–H and O–H groups in total. The van der Waals surface area contributed by atoms with Crippen molar-refractivity contribution >= 4 is 24.8 Å². The molecule has 0 aromatic carbocycles. The molecule has 0 aliphatic carbocycles. The zero-order valence-corrected chi connectivity index (χ0v) is 5.96. The molecule has 0 saturated heterocycles. The summed E-state index contributed by atoms with van der Waals surface area (Å²) in [4.78, 5) is 0. The lowest BCUT2D eigenvalue weighted by molar-refractivity contribution is 1.56. The topological polar surface area (TPSA) is 0 Å². The Balaban J connectivity index is 0.000000360. The van der Waals surface area contributed by atoms with Gasteiger partial charge in [-0.3, -0.25) is 0 Å². The molecule has 1 aromatic heterocycles. The zero-order chi connectivity index (χ0) is 4.41. The van der Waals surface area contributed by atoms with E-state index in [1.54, 1.807) is 11.3 Å². The van der Waals surface area contributed by atoms with Crippen LogP contribution in [0.2, 0.25) is 0 Å². The highest BCUT2D eigenvalue weighted by atomic mass is 32.1. The first-order valence-electron chi connectivity index (χ1n) is 1.88. The second kappa shape index (κ2) is 3.10. The molecular formula is C5H8S2. The first-order valence-corrected chi connectivity index (χ1v) is 2.82. The summed E-state index contributed by atoms with van der Waals surface area (Å²) in [6, 6.07) is 2.10. The van der Waals surface area contributed by atoms with Gasteiger partial charge in [-0.25, -0.2) is 0 Å². The van der Waals surface area contributed by atoms with Crippen molar-refractivity contribution in [3.05, 3.63) is 22.4 Å². The van der Waals surface area contributed by atoms with Gasteiger partial charge in [0.2, 0.25) is 0 Å². The fourth-order valence-corrected chi connectivity index (χ4v) is 0.998. The number of hydrogen-bond donors (Lipinski definition) is 0. The van der Waals surface area contributed by atoms with E-state index in [0.29, 0.717) is 0 Å². The Morgan fingerprint density at radius 1 is 1.57 bits per heavy atom. The molecule has 0 nitrogen and oxygen atoms in total. The normalized spacial score (nSPS) is 7.57. The maximum atomic E-state index is 2.12. The lowest BCUT2D eigenvalue weighted by Crippen LogP contribution is -1.47. The van der Waals surface area contributed by atoms with Crippen molar-refractivity contribution in [3.63, 3.8) is 0 Å². The SMILES string of the molecule is Cc1ccsc1.S. The van der Waals surface area contributed by atoms with E-state index in [-0.39, 0.29) is 13.5 Å². The van der Waals surface area contributed by atoms with Crippen LogP contribution in [0, 0.1) is 6.92 Å². The molecule has 7 heavy (non-hydrogen) atoms. The van der Waals surface area contributed by atoms with Crippen molar-refractivity contribution in [2.75, 3.05) is 0 Å². The number of hydrogen-bond acceptors (Lipinski definition) is 1. The number of aryl methyl sites for hydroxylation is 1. The summed E-state index contributed by atoms with van der Waals surface area (Å²) in [5, 5.41) is 4.20. The third kappa shape index (κ3) is 2.00. The largest absolute Gasteiger partial charge is 0.197 e. The predicted octanol–water partition coefficient (Wildman–Crippen LogP) is 2.17. The summed E-state index contributed by atoms with van der Waals surface area (Å²) in [7, 11) is 0. The van der Waals surface area contributed by atoms with Crippen LogP contribution in [-0.2, 0) is 0 Å². The molecule has 2 heteroatoms. The molecule has 0 bridgehead atoms. The maximum Gasteiger partial charge on any atom is -0.00641 e. The summed E-state index contributed by atoms with van der Waals surface area (Å²) in [6.45, 7) is 2.09. The summed E-state index contributed by atoms with van der Waals surface area (Å²) in [5.41, 5.74) is 1.36. The molecule has 0 aliphatic heterocycles. The molecule has 0 saturated carbocycles. The molecule has 0 radical (unpaired) electrons. The first-order chi connectivity index (χ1) is 2.89. The Hall–Kier alpha value is 0.0500. The van der Waals surface area contributed by atoms with Crippen LogP contribution in [0.4, 0.5) is 0 Å². The Kier molecular flexibility index (Phi) is 3.13. The van der Waals surface area contributed by atoms with Crippen molar-refractivity contribution in [1.29, 1.82) is 0 Å². The zero-order valence-electron chi connectivity index (χ0n) is 4.14. The number of thiophene rings is 1. The van der Waals surface area contributed by atoms with Gasteiger partial charge in [-0.2, -0.15) is 24.8 Å². The fourth-order valence-electron chi connectivity index (χ4n) is 0.333. The van der Waals surface area contributed by atoms with E-state index in [9.17, 15) is 0 Å². The van der Waals surface area contributed by atoms with Crippen molar-refractivity contribution in [1.82, 2.24) is 0 Å². The standard InChI is InChI=1S/C5H6S.H2S/c1-5-2-3-6-4-5;/h2-4H,1H3;1H2. The van der Waals surface area contributed by atoms with Crippen LogP contribution in [0.25, 0.3) is 0 Å². The van der Waals surface area contributed by atoms with E-state index in [4.69, 9.17) is 0 Å². The Bertz CT molecular complexity index is 110. The van der Waals surface area contributed by atoms with Gasteiger partial charge in [0.25, 0.3) is 0 Å². The van der Waals surface area contributed by atoms with Crippen molar-refractivity contribution < 1.29 is 0 Å². The molecule has 1 heterocycles. The van der Waals surface area contributed by atoms with Crippen LogP contribution < -0.4 is 0 Å². The van der Waals surface area contributed by atoms with Crippen molar-refractivity contribution in [2.45, 2.75) is 6.92 Å². The van der Waals surface area contributed by atoms with E-state index in [2.05, 4.69) is 23.8 Å². The van der Waals surface area contributed by atoms with Gasteiger partial charge in [0.1, 0.15) is 0 Å². The van der Waals surface area contributed by atoms with Crippen LogP contribution in [0.15, 0.2) is 16.8 Å². The second-order valence-corrected chi connectivity index (χ2v) is 2.08.